The molecule has 1 heterocycles. The highest BCUT2D eigenvalue weighted by Gasteiger charge is 2.45. The van der Waals surface area contributed by atoms with Gasteiger partial charge in [0.25, 0.3) is 0 Å². The van der Waals surface area contributed by atoms with E-state index in [-0.39, 0.29) is 11.8 Å². The summed E-state index contributed by atoms with van der Waals surface area (Å²) >= 11 is 1.79. The maximum absolute atomic E-state index is 11.7. The molecule has 2 atom stereocenters. The van der Waals surface area contributed by atoms with Gasteiger partial charge < -0.3 is 5.73 Å². The topological polar surface area (TPSA) is 55.1 Å². The fourth-order valence-corrected chi connectivity index (χ4v) is 3.77. The third kappa shape index (κ3) is 2.48. The van der Waals surface area contributed by atoms with Gasteiger partial charge in [-0.1, -0.05) is 37.3 Å². The molecule has 0 aromatic heterocycles. The molecule has 17 heavy (non-hydrogen) atoms. The zero-order valence-electron chi connectivity index (χ0n) is 9.98. The second-order valence-corrected chi connectivity index (χ2v) is 5.62. The molecule has 2 rings (SSSR count). The molecule has 3 N–H and O–H groups in total. The lowest BCUT2D eigenvalue weighted by molar-refractivity contribution is -0.124. The summed E-state index contributed by atoms with van der Waals surface area (Å²) in [4.78, 5) is 11.7. The van der Waals surface area contributed by atoms with E-state index in [0.717, 1.165) is 11.5 Å². The monoisotopic (exact) mass is 250 g/mol. The van der Waals surface area contributed by atoms with Gasteiger partial charge in [-0.25, -0.2) is 0 Å². The van der Waals surface area contributed by atoms with Crippen LogP contribution in [0.3, 0.4) is 0 Å². The molecule has 0 radical (unpaired) electrons. The first-order valence-corrected chi connectivity index (χ1v) is 6.97. The number of carbonyl (C=O) groups excluding carboxylic acids is 1. The predicted octanol–water partition coefficient (Wildman–Crippen LogP) is 1.38. The molecule has 0 spiro atoms. The summed E-state index contributed by atoms with van der Waals surface area (Å²) in [7, 11) is 0. The van der Waals surface area contributed by atoms with Crippen molar-refractivity contribution in [2.24, 2.45) is 11.7 Å². The lowest BCUT2D eigenvalue weighted by atomic mass is 9.87. The molecule has 0 bridgehead atoms. The molecule has 1 aliphatic rings. The van der Waals surface area contributed by atoms with Gasteiger partial charge in [-0.3, -0.25) is 10.1 Å². The molecular formula is C13H18N2OS. The van der Waals surface area contributed by atoms with E-state index in [0.29, 0.717) is 6.54 Å². The first kappa shape index (κ1) is 12.5. The molecule has 1 amide bonds. The number of amides is 1. The van der Waals surface area contributed by atoms with Gasteiger partial charge in [-0.05, 0) is 17.2 Å². The number of carbonyl (C=O) groups is 1. The Hall–Kier alpha value is -1.00. The minimum Gasteiger partial charge on any atom is -0.368 e. The molecule has 0 aliphatic carbocycles. The highest BCUT2D eigenvalue weighted by Crippen LogP contribution is 2.33. The lowest BCUT2D eigenvalue weighted by Crippen LogP contribution is -2.59. The quantitative estimate of drug-likeness (QED) is 0.849. The maximum atomic E-state index is 11.7. The average Bonchev–Trinajstić information content (AvgIpc) is 2.71. The summed E-state index contributed by atoms with van der Waals surface area (Å²) in [6.07, 6.45) is 0. The smallest absolute Gasteiger partial charge is 0.238 e. The van der Waals surface area contributed by atoms with Gasteiger partial charge in [-0.2, -0.15) is 11.8 Å². The highest BCUT2D eigenvalue weighted by molar-refractivity contribution is 7.99. The number of hydrogen-bond acceptors (Lipinski definition) is 3. The van der Waals surface area contributed by atoms with E-state index in [2.05, 4.69) is 24.4 Å². The van der Waals surface area contributed by atoms with E-state index in [1.807, 2.05) is 18.2 Å². The first-order chi connectivity index (χ1) is 8.15. The Labute approximate surface area is 106 Å². The van der Waals surface area contributed by atoms with Crippen LogP contribution in [0.15, 0.2) is 30.3 Å². The zero-order valence-corrected chi connectivity index (χ0v) is 10.8. The Kier molecular flexibility index (Phi) is 3.74. The van der Waals surface area contributed by atoms with Crippen molar-refractivity contribution < 1.29 is 4.79 Å². The SMILES string of the molecule is CC1CSCC1(NCc1ccccc1)C(N)=O. The van der Waals surface area contributed by atoms with Gasteiger partial charge in [0.1, 0.15) is 5.54 Å². The highest BCUT2D eigenvalue weighted by atomic mass is 32.2. The number of nitrogens with one attached hydrogen (secondary N) is 1. The number of nitrogens with two attached hydrogens (primary N) is 1. The van der Waals surface area contributed by atoms with E-state index in [1.54, 1.807) is 11.8 Å². The van der Waals surface area contributed by atoms with Crippen molar-refractivity contribution in [3.8, 4) is 0 Å². The van der Waals surface area contributed by atoms with Gasteiger partial charge in [0, 0.05) is 12.3 Å². The van der Waals surface area contributed by atoms with Crippen molar-refractivity contribution in [3.63, 3.8) is 0 Å². The lowest BCUT2D eigenvalue weighted by Gasteiger charge is -2.30. The number of hydrogen-bond donors (Lipinski definition) is 2. The largest absolute Gasteiger partial charge is 0.368 e. The Morgan fingerprint density at radius 2 is 2.24 bits per heavy atom. The first-order valence-electron chi connectivity index (χ1n) is 5.82. The van der Waals surface area contributed by atoms with Gasteiger partial charge in [0.15, 0.2) is 0 Å². The number of rotatable bonds is 4. The van der Waals surface area contributed by atoms with E-state index >= 15 is 0 Å². The number of benzene rings is 1. The van der Waals surface area contributed by atoms with Crippen LogP contribution >= 0.6 is 11.8 Å². The number of primary amides is 1. The maximum Gasteiger partial charge on any atom is 0.238 e. The summed E-state index contributed by atoms with van der Waals surface area (Å²) in [5.41, 5.74) is 6.21. The molecule has 1 fully saturated rings. The molecule has 1 saturated heterocycles. The summed E-state index contributed by atoms with van der Waals surface area (Å²) < 4.78 is 0. The minimum atomic E-state index is -0.541. The zero-order chi connectivity index (χ0) is 12.3. The molecule has 3 nitrogen and oxygen atoms in total. The van der Waals surface area contributed by atoms with Crippen molar-refractivity contribution >= 4 is 17.7 Å². The van der Waals surface area contributed by atoms with Crippen LogP contribution in [0.4, 0.5) is 0 Å². The van der Waals surface area contributed by atoms with Crippen LogP contribution in [0.5, 0.6) is 0 Å². The Bertz CT molecular complexity index is 396. The minimum absolute atomic E-state index is 0.231. The predicted molar refractivity (Wildman–Crippen MR) is 71.7 cm³/mol. The molecule has 0 saturated carbocycles. The Morgan fingerprint density at radius 1 is 1.53 bits per heavy atom. The van der Waals surface area contributed by atoms with Gasteiger partial charge in [-0.15, -0.1) is 0 Å². The van der Waals surface area contributed by atoms with Crippen LogP contribution in [0.25, 0.3) is 0 Å². The summed E-state index contributed by atoms with van der Waals surface area (Å²) in [6.45, 7) is 2.78. The van der Waals surface area contributed by atoms with E-state index in [4.69, 9.17) is 5.73 Å². The Morgan fingerprint density at radius 3 is 2.76 bits per heavy atom. The van der Waals surface area contributed by atoms with E-state index in [1.165, 1.54) is 5.56 Å². The standard InChI is InChI=1S/C13H18N2OS/c1-10-8-17-9-13(10,12(14)16)15-7-11-5-3-2-4-6-11/h2-6,10,15H,7-9H2,1H3,(H2,14,16). The third-order valence-electron chi connectivity index (χ3n) is 3.43. The van der Waals surface area contributed by atoms with E-state index < -0.39 is 5.54 Å². The van der Waals surface area contributed by atoms with Crippen molar-refractivity contribution in [3.05, 3.63) is 35.9 Å². The van der Waals surface area contributed by atoms with Crippen molar-refractivity contribution in [2.45, 2.75) is 19.0 Å². The molecule has 1 aromatic carbocycles. The number of thioether (sulfide) groups is 1. The fourth-order valence-electron chi connectivity index (χ4n) is 2.16. The summed E-state index contributed by atoms with van der Waals surface area (Å²) in [5, 5.41) is 3.37. The van der Waals surface area contributed by atoms with Crippen LogP contribution in [-0.4, -0.2) is 23.0 Å². The Balaban J connectivity index is 2.07. The third-order valence-corrected chi connectivity index (χ3v) is 4.82. The molecule has 2 unspecified atom stereocenters. The van der Waals surface area contributed by atoms with Crippen LogP contribution < -0.4 is 11.1 Å². The molecule has 4 heteroatoms. The van der Waals surface area contributed by atoms with Gasteiger partial charge in [0.2, 0.25) is 5.91 Å². The fraction of sp³-hybridized carbons (Fsp3) is 0.462. The second kappa shape index (κ2) is 5.10. The van der Waals surface area contributed by atoms with Crippen LogP contribution in [0, 0.1) is 5.92 Å². The van der Waals surface area contributed by atoms with Crippen LogP contribution in [0.2, 0.25) is 0 Å². The molecule has 1 aromatic rings. The van der Waals surface area contributed by atoms with Gasteiger partial charge in [0.05, 0.1) is 0 Å². The summed E-state index contributed by atoms with van der Waals surface area (Å²) in [6, 6.07) is 10.1. The van der Waals surface area contributed by atoms with Gasteiger partial charge >= 0.3 is 0 Å². The van der Waals surface area contributed by atoms with Crippen LogP contribution in [-0.2, 0) is 11.3 Å². The van der Waals surface area contributed by atoms with Crippen molar-refractivity contribution in [1.29, 1.82) is 0 Å². The van der Waals surface area contributed by atoms with Crippen LogP contribution in [0.1, 0.15) is 12.5 Å². The van der Waals surface area contributed by atoms with E-state index in [9.17, 15) is 4.79 Å². The van der Waals surface area contributed by atoms with Crippen molar-refractivity contribution in [2.75, 3.05) is 11.5 Å². The second-order valence-electron chi connectivity index (χ2n) is 4.59. The normalized spacial score (nSPS) is 28.2. The van der Waals surface area contributed by atoms with Crippen molar-refractivity contribution in [1.82, 2.24) is 5.32 Å². The average molecular weight is 250 g/mol. The molecular weight excluding hydrogens is 232 g/mol. The summed E-state index contributed by atoms with van der Waals surface area (Å²) in [5.74, 6) is 1.82. The molecule has 92 valence electrons. The molecule has 1 aliphatic heterocycles.